The van der Waals surface area contributed by atoms with E-state index in [4.69, 9.17) is 5.11 Å². The van der Waals surface area contributed by atoms with Gasteiger partial charge in [-0.25, -0.2) is 0 Å². The number of nitrogens with one attached hydrogen (secondary N) is 2. The highest BCUT2D eigenvalue weighted by Crippen LogP contribution is 2.10. The fourth-order valence-corrected chi connectivity index (χ4v) is 0.822. The van der Waals surface area contributed by atoms with E-state index in [1.807, 2.05) is 0 Å². The number of aromatic nitrogens is 3. The molecule has 0 fully saturated rings. The first-order valence-corrected chi connectivity index (χ1v) is 4.14. The molecule has 0 aliphatic heterocycles. The molecule has 0 aliphatic rings. The standard InChI is InChI=1S/C7H14N6O/c1-8-5-10-6(9-2)12-7(11-5)13(3)4-14/h14H,4H2,1-3H3,(H2,8,9,10,11,12). The van der Waals surface area contributed by atoms with Crippen molar-refractivity contribution in [3.63, 3.8) is 0 Å². The van der Waals surface area contributed by atoms with Crippen LogP contribution in [0.4, 0.5) is 17.8 Å². The van der Waals surface area contributed by atoms with Crippen molar-refractivity contribution < 1.29 is 5.11 Å². The van der Waals surface area contributed by atoms with E-state index in [2.05, 4.69) is 25.6 Å². The van der Waals surface area contributed by atoms with Gasteiger partial charge in [-0.2, -0.15) is 15.0 Å². The Morgan fingerprint density at radius 3 is 2.00 bits per heavy atom. The highest BCUT2D eigenvalue weighted by molar-refractivity contribution is 5.42. The molecule has 0 spiro atoms. The molecular weight excluding hydrogens is 184 g/mol. The van der Waals surface area contributed by atoms with E-state index < -0.39 is 0 Å². The van der Waals surface area contributed by atoms with Crippen molar-refractivity contribution in [1.29, 1.82) is 0 Å². The Bertz CT molecular complexity index is 282. The largest absolute Gasteiger partial charge is 0.376 e. The molecule has 0 amide bonds. The summed E-state index contributed by atoms with van der Waals surface area (Å²) in [6.07, 6.45) is 0. The molecule has 0 unspecified atom stereocenters. The third-order valence-corrected chi connectivity index (χ3v) is 1.62. The molecule has 0 aromatic carbocycles. The zero-order valence-electron chi connectivity index (χ0n) is 8.44. The summed E-state index contributed by atoms with van der Waals surface area (Å²) in [4.78, 5) is 13.7. The monoisotopic (exact) mass is 198 g/mol. The van der Waals surface area contributed by atoms with Gasteiger partial charge in [0.05, 0.1) is 0 Å². The smallest absolute Gasteiger partial charge is 0.233 e. The van der Waals surface area contributed by atoms with Crippen molar-refractivity contribution >= 4 is 17.8 Å². The molecule has 7 nitrogen and oxygen atoms in total. The van der Waals surface area contributed by atoms with Crippen molar-refractivity contribution in [1.82, 2.24) is 15.0 Å². The quantitative estimate of drug-likeness (QED) is 0.554. The topological polar surface area (TPSA) is 86.2 Å². The molecule has 1 rings (SSSR count). The van der Waals surface area contributed by atoms with Crippen LogP contribution in [0.5, 0.6) is 0 Å². The second kappa shape index (κ2) is 4.56. The van der Waals surface area contributed by atoms with Gasteiger partial charge in [0, 0.05) is 21.1 Å². The maximum Gasteiger partial charge on any atom is 0.233 e. The second-order valence-electron chi connectivity index (χ2n) is 2.62. The van der Waals surface area contributed by atoms with E-state index >= 15 is 0 Å². The van der Waals surface area contributed by atoms with Crippen LogP contribution in [0.3, 0.4) is 0 Å². The molecule has 0 atom stereocenters. The summed E-state index contributed by atoms with van der Waals surface area (Å²) in [5.74, 6) is 1.33. The SMILES string of the molecule is CNc1nc(NC)nc(N(C)CO)n1. The van der Waals surface area contributed by atoms with Crippen LogP contribution in [0.15, 0.2) is 0 Å². The van der Waals surface area contributed by atoms with E-state index in [0.29, 0.717) is 17.8 Å². The third-order valence-electron chi connectivity index (χ3n) is 1.62. The zero-order valence-corrected chi connectivity index (χ0v) is 8.44. The van der Waals surface area contributed by atoms with Gasteiger partial charge in [0.15, 0.2) is 0 Å². The molecule has 78 valence electrons. The third kappa shape index (κ3) is 2.19. The van der Waals surface area contributed by atoms with Crippen molar-refractivity contribution in [2.75, 3.05) is 43.4 Å². The number of hydrogen-bond acceptors (Lipinski definition) is 7. The first kappa shape index (κ1) is 10.5. The zero-order chi connectivity index (χ0) is 10.6. The molecule has 0 saturated heterocycles. The van der Waals surface area contributed by atoms with Gasteiger partial charge in [-0.05, 0) is 0 Å². The number of aliphatic hydroxyl groups is 1. The van der Waals surface area contributed by atoms with Crippen molar-refractivity contribution in [2.24, 2.45) is 0 Å². The van der Waals surface area contributed by atoms with Gasteiger partial charge >= 0.3 is 0 Å². The van der Waals surface area contributed by atoms with E-state index in [0.717, 1.165) is 0 Å². The molecular formula is C7H14N6O. The summed E-state index contributed by atoms with van der Waals surface area (Å²) < 4.78 is 0. The molecule has 14 heavy (non-hydrogen) atoms. The first-order valence-electron chi connectivity index (χ1n) is 4.14. The van der Waals surface area contributed by atoms with E-state index in [9.17, 15) is 0 Å². The average Bonchev–Trinajstić information content (AvgIpc) is 2.27. The van der Waals surface area contributed by atoms with Gasteiger partial charge in [0.1, 0.15) is 6.73 Å². The maximum absolute atomic E-state index is 8.90. The predicted molar refractivity (Wildman–Crippen MR) is 54.4 cm³/mol. The number of nitrogens with zero attached hydrogens (tertiary/aromatic N) is 4. The highest BCUT2D eigenvalue weighted by atomic mass is 16.3. The summed E-state index contributed by atoms with van der Waals surface area (Å²) in [6, 6.07) is 0. The van der Waals surface area contributed by atoms with Crippen LogP contribution >= 0.6 is 0 Å². The van der Waals surface area contributed by atoms with E-state index in [1.54, 1.807) is 21.1 Å². The molecule has 0 saturated carbocycles. The molecule has 3 N–H and O–H groups in total. The summed E-state index contributed by atoms with van der Waals surface area (Å²) in [5, 5.41) is 14.5. The van der Waals surface area contributed by atoms with Crippen LogP contribution in [-0.2, 0) is 0 Å². The normalized spacial score (nSPS) is 9.71. The van der Waals surface area contributed by atoms with Crippen molar-refractivity contribution in [3.05, 3.63) is 0 Å². The fraction of sp³-hybridized carbons (Fsp3) is 0.571. The molecule has 1 aromatic heterocycles. The first-order chi connectivity index (χ1) is 6.71. The molecule has 0 bridgehead atoms. The summed E-state index contributed by atoms with van der Waals surface area (Å²) in [6.45, 7) is -0.143. The number of aliphatic hydroxyl groups excluding tert-OH is 1. The van der Waals surface area contributed by atoms with Crippen LogP contribution < -0.4 is 15.5 Å². The number of anilines is 3. The minimum atomic E-state index is -0.143. The Hall–Kier alpha value is -1.63. The van der Waals surface area contributed by atoms with Gasteiger partial charge in [-0.3, -0.25) is 0 Å². The second-order valence-corrected chi connectivity index (χ2v) is 2.62. The van der Waals surface area contributed by atoms with E-state index in [-0.39, 0.29) is 6.73 Å². The Labute approximate surface area is 82.2 Å². The minimum Gasteiger partial charge on any atom is -0.376 e. The van der Waals surface area contributed by atoms with Gasteiger partial charge in [-0.15, -0.1) is 0 Å². The molecule has 7 heteroatoms. The van der Waals surface area contributed by atoms with Gasteiger partial charge in [0.25, 0.3) is 0 Å². The highest BCUT2D eigenvalue weighted by Gasteiger charge is 2.07. The number of hydrogen-bond donors (Lipinski definition) is 3. The Kier molecular flexibility index (Phi) is 3.41. The average molecular weight is 198 g/mol. The molecule has 0 radical (unpaired) electrons. The summed E-state index contributed by atoms with van der Waals surface area (Å²) in [5.41, 5.74) is 0. The molecule has 0 aliphatic carbocycles. The van der Waals surface area contributed by atoms with Crippen LogP contribution in [0.25, 0.3) is 0 Å². The lowest BCUT2D eigenvalue weighted by molar-refractivity contribution is 0.296. The van der Waals surface area contributed by atoms with Crippen LogP contribution in [0, 0.1) is 0 Å². The van der Waals surface area contributed by atoms with Crippen molar-refractivity contribution in [2.45, 2.75) is 0 Å². The Morgan fingerprint density at radius 2 is 1.64 bits per heavy atom. The molecule has 1 aromatic rings. The summed E-state index contributed by atoms with van der Waals surface area (Å²) >= 11 is 0. The lowest BCUT2D eigenvalue weighted by Crippen LogP contribution is -2.21. The fourth-order valence-electron chi connectivity index (χ4n) is 0.822. The van der Waals surface area contributed by atoms with Crippen LogP contribution in [-0.4, -0.2) is 47.9 Å². The van der Waals surface area contributed by atoms with Crippen LogP contribution in [0.1, 0.15) is 0 Å². The minimum absolute atomic E-state index is 0.143. The van der Waals surface area contributed by atoms with Crippen LogP contribution in [0.2, 0.25) is 0 Å². The summed E-state index contributed by atoms with van der Waals surface area (Å²) in [7, 11) is 5.13. The van der Waals surface area contributed by atoms with Crippen molar-refractivity contribution in [3.8, 4) is 0 Å². The lowest BCUT2D eigenvalue weighted by Gasteiger charge is -2.14. The van der Waals surface area contributed by atoms with Gasteiger partial charge in [-0.1, -0.05) is 0 Å². The van der Waals surface area contributed by atoms with Gasteiger partial charge in [0.2, 0.25) is 17.8 Å². The lowest BCUT2D eigenvalue weighted by atomic mass is 10.7. The number of rotatable bonds is 4. The Balaban J connectivity index is 3.04. The van der Waals surface area contributed by atoms with Gasteiger partial charge < -0.3 is 20.6 Å². The molecule has 1 heterocycles. The van der Waals surface area contributed by atoms with E-state index in [1.165, 1.54) is 4.90 Å². The maximum atomic E-state index is 8.90. The Morgan fingerprint density at radius 1 is 1.14 bits per heavy atom. The predicted octanol–water partition coefficient (Wildman–Crippen LogP) is -0.659.